The van der Waals surface area contributed by atoms with E-state index in [2.05, 4.69) is 4.98 Å². The Bertz CT molecular complexity index is 1480. The molecule has 0 N–H and O–H groups in total. The molecule has 2 aromatic carbocycles. The zero-order chi connectivity index (χ0) is 23.2. The van der Waals surface area contributed by atoms with Crippen LogP contribution in [0.15, 0.2) is 60.8 Å². The summed E-state index contributed by atoms with van der Waals surface area (Å²) in [5, 5.41) is 5.78. The van der Waals surface area contributed by atoms with Crippen molar-refractivity contribution in [1.29, 1.82) is 0 Å². The van der Waals surface area contributed by atoms with E-state index in [1.54, 1.807) is 47.3 Å². The first-order chi connectivity index (χ1) is 15.8. The van der Waals surface area contributed by atoms with Gasteiger partial charge in [0.1, 0.15) is 16.7 Å². The van der Waals surface area contributed by atoms with Crippen LogP contribution in [0.3, 0.4) is 0 Å². The smallest absolute Gasteiger partial charge is 0.163 e. The molecule has 1 fully saturated rings. The van der Waals surface area contributed by atoms with Crippen molar-refractivity contribution in [3.63, 3.8) is 0 Å². The van der Waals surface area contributed by atoms with Crippen LogP contribution < -0.4 is 0 Å². The average Bonchev–Trinajstić information content (AvgIpc) is 3.33. The number of Topliss-reactive ketones (excluding diaryl/α,β-unsaturated/α-hetero) is 1. The number of halogens is 2. The summed E-state index contributed by atoms with van der Waals surface area (Å²) in [5.74, 6) is -0.459. The molecule has 0 saturated carbocycles. The van der Waals surface area contributed by atoms with Crippen molar-refractivity contribution in [3.8, 4) is 16.9 Å². The highest BCUT2D eigenvalue weighted by atomic mass is 35.5. The molecule has 0 radical (unpaired) electrons. The normalized spacial score (nSPS) is 17.5. The van der Waals surface area contributed by atoms with Gasteiger partial charge in [-0.25, -0.2) is 22.5 Å². The highest BCUT2D eigenvalue weighted by Gasteiger charge is 2.30. The van der Waals surface area contributed by atoms with Gasteiger partial charge in [-0.05, 0) is 60.9 Å². The number of rotatable bonds is 5. The fourth-order valence-corrected chi connectivity index (χ4v) is 6.31. The molecule has 4 aromatic rings. The Kier molecular flexibility index (Phi) is 5.50. The summed E-state index contributed by atoms with van der Waals surface area (Å²) in [6.45, 7) is 0. The summed E-state index contributed by atoms with van der Waals surface area (Å²) >= 11 is 6.32. The maximum atomic E-state index is 13.5. The summed E-state index contributed by atoms with van der Waals surface area (Å²) in [6, 6.07) is 14.7. The minimum absolute atomic E-state index is 0.0537. The molecular weight excluding hydrogens is 465 g/mol. The Hall–Kier alpha value is -3.10. The number of benzene rings is 2. The van der Waals surface area contributed by atoms with E-state index in [-0.39, 0.29) is 35.4 Å². The molecule has 0 amide bonds. The Balaban J connectivity index is 1.60. The Morgan fingerprint density at radius 3 is 2.64 bits per heavy atom. The highest BCUT2D eigenvalue weighted by Crippen LogP contribution is 2.34. The fourth-order valence-electron chi connectivity index (χ4n) is 4.24. The second-order valence-corrected chi connectivity index (χ2v) is 10.8. The molecule has 168 valence electrons. The number of nitrogens with zero attached hydrogens (tertiary/aromatic N) is 3. The summed E-state index contributed by atoms with van der Waals surface area (Å²) in [4.78, 5) is 17.1. The van der Waals surface area contributed by atoms with E-state index in [4.69, 9.17) is 16.7 Å². The molecule has 1 saturated heterocycles. The number of aromatic nitrogens is 3. The van der Waals surface area contributed by atoms with Crippen LogP contribution >= 0.6 is 11.6 Å². The number of sulfone groups is 1. The predicted octanol–water partition coefficient (Wildman–Crippen LogP) is 4.89. The average molecular weight is 484 g/mol. The molecule has 2 aromatic heterocycles. The lowest BCUT2D eigenvalue weighted by Crippen LogP contribution is -2.11. The van der Waals surface area contributed by atoms with Crippen molar-refractivity contribution in [2.75, 3.05) is 11.5 Å². The van der Waals surface area contributed by atoms with Crippen LogP contribution in [0.5, 0.6) is 0 Å². The minimum atomic E-state index is -3.05. The molecule has 1 aliphatic heterocycles. The third-order valence-corrected chi connectivity index (χ3v) is 8.03. The van der Waals surface area contributed by atoms with E-state index in [1.165, 1.54) is 12.1 Å². The highest BCUT2D eigenvalue weighted by molar-refractivity contribution is 7.91. The quantitative estimate of drug-likeness (QED) is 0.298. The number of pyridine rings is 1. The first-order valence-corrected chi connectivity index (χ1v) is 12.6. The molecule has 5 rings (SSSR count). The SMILES string of the molecule is O=C(CC1CCS(=O)(=O)C1)c1ccc2c(-c3cccnc3Cl)nn(-c3ccc(F)cc3)c2c1. The minimum Gasteiger partial charge on any atom is -0.294 e. The third-order valence-electron chi connectivity index (χ3n) is 5.89. The van der Waals surface area contributed by atoms with Gasteiger partial charge in [-0.2, -0.15) is 5.10 Å². The van der Waals surface area contributed by atoms with Gasteiger partial charge in [0.25, 0.3) is 0 Å². The molecule has 0 spiro atoms. The molecule has 3 heterocycles. The topological polar surface area (TPSA) is 81.9 Å². The zero-order valence-electron chi connectivity index (χ0n) is 17.4. The lowest BCUT2D eigenvalue weighted by molar-refractivity contribution is 0.0966. The van der Waals surface area contributed by atoms with E-state index in [0.29, 0.717) is 39.6 Å². The van der Waals surface area contributed by atoms with Gasteiger partial charge in [0.05, 0.1) is 22.7 Å². The van der Waals surface area contributed by atoms with Crippen LogP contribution in [-0.2, 0) is 9.84 Å². The van der Waals surface area contributed by atoms with Crippen molar-refractivity contribution in [2.24, 2.45) is 5.92 Å². The van der Waals surface area contributed by atoms with Gasteiger partial charge in [0.15, 0.2) is 15.6 Å². The van der Waals surface area contributed by atoms with Crippen LogP contribution in [0.4, 0.5) is 4.39 Å². The van der Waals surface area contributed by atoms with Crippen LogP contribution in [0.25, 0.3) is 27.8 Å². The molecular formula is C24H19ClFN3O3S. The molecule has 1 unspecified atom stereocenters. The molecule has 1 atom stereocenters. The standard InChI is InChI=1S/C24H19ClFN3O3S/c25-24-20(2-1-10-27-24)23-19-8-3-16(22(30)12-15-9-11-33(31,32)14-15)13-21(19)29(28-23)18-6-4-17(26)5-7-18/h1-8,10,13,15H,9,11-12,14H2. The molecule has 6 nitrogen and oxygen atoms in total. The third kappa shape index (κ3) is 4.28. The summed E-state index contributed by atoms with van der Waals surface area (Å²) in [5.41, 5.74) is 2.98. The van der Waals surface area contributed by atoms with Crippen LogP contribution in [0.2, 0.25) is 5.15 Å². The van der Waals surface area contributed by atoms with Crippen molar-refractivity contribution >= 4 is 38.1 Å². The number of fused-ring (bicyclic) bond motifs is 1. The predicted molar refractivity (Wildman–Crippen MR) is 125 cm³/mol. The molecule has 33 heavy (non-hydrogen) atoms. The maximum Gasteiger partial charge on any atom is 0.163 e. The van der Waals surface area contributed by atoms with Crippen LogP contribution in [-0.4, -0.2) is 40.5 Å². The van der Waals surface area contributed by atoms with Crippen molar-refractivity contribution in [2.45, 2.75) is 12.8 Å². The van der Waals surface area contributed by atoms with E-state index in [1.807, 2.05) is 6.07 Å². The number of carbonyl (C=O) groups is 1. The first-order valence-electron chi connectivity index (χ1n) is 10.4. The second-order valence-electron chi connectivity index (χ2n) is 8.21. The largest absolute Gasteiger partial charge is 0.294 e. The summed E-state index contributed by atoms with van der Waals surface area (Å²) in [7, 11) is -3.05. The van der Waals surface area contributed by atoms with Crippen molar-refractivity contribution in [3.05, 3.63) is 77.3 Å². The van der Waals surface area contributed by atoms with E-state index >= 15 is 0 Å². The molecule has 9 heteroatoms. The number of ketones is 1. The van der Waals surface area contributed by atoms with Gasteiger partial charge in [-0.3, -0.25) is 4.79 Å². The second kappa shape index (κ2) is 8.35. The number of carbonyl (C=O) groups excluding carboxylic acids is 1. The first kappa shape index (κ1) is 21.7. The van der Waals surface area contributed by atoms with Crippen LogP contribution in [0, 0.1) is 11.7 Å². The Morgan fingerprint density at radius 2 is 1.94 bits per heavy atom. The lowest BCUT2D eigenvalue weighted by Gasteiger charge is -2.08. The Labute approximate surface area is 194 Å². The zero-order valence-corrected chi connectivity index (χ0v) is 19.0. The van der Waals surface area contributed by atoms with Gasteiger partial charge >= 0.3 is 0 Å². The molecule has 1 aliphatic rings. The van der Waals surface area contributed by atoms with Gasteiger partial charge in [-0.1, -0.05) is 17.7 Å². The van der Waals surface area contributed by atoms with E-state index in [0.717, 1.165) is 5.39 Å². The molecule has 0 aliphatic carbocycles. The van der Waals surface area contributed by atoms with Gasteiger partial charge in [-0.15, -0.1) is 0 Å². The van der Waals surface area contributed by atoms with Gasteiger partial charge in [0, 0.05) is 29.1 Å². The maximum absolute atomic E-state index is 13.5. The Morgan fingerprint density at radius 1 is 1.15 bits per heavy atom. The summed E-state index contributed by atoms with van der Waals surface area (Å²) in [6.07, 6.45) is 2.27. The fraction of sp³-hybridized carbons (Fsp3) is 0.208. The van der Waals surface area contributed by atoms with E-state index in [9.17, 15) is 17.6 Å². The molecule has 0 bridgehead atoms. The number of hydrogen-bond donors (Lipinski definition) is 0. The summed E-state index contributed by atoms with van der Waals surface area (Å²) < 4.78 is 38.7. The monoisotopic (exact) mass is 483 g/mol. The van der Waals surface area contributed by atoms with Gasteiger partial charge < -0.3 is 0 Å². The van der Waals surface area contributed by atoms with E-state index < -0.39 is 9.84 Å². The van der Waals surface area contributed by atoms with Crippen LogP contribution in [0.1, 0.15) is 23.2 Å². The number of hydrogen-bond acceptors (Lipinski definition) is 5. The lowest BCUT2D eigenvalue weighted by atomic mass is 9.97. The van der Waals surface area contributed by atoms with Gasteiger partial charge in [0.2, 0.25) is 0 Å². The van der Waals surface area contributed by atoms with Crippen molar-refractivity contribution in [1.82, 2.24) is 14.8 Å². The van der Waals surface area contributed by atoms with Crippen molar-refractivity contribution < 1.29 is 17.6 Å².